The van der Waals surface area contributed by atoms with Gasteiger partial charge in [0.05, 0.1) is 18.6 Å². The molecule has 130 valence electrons. The quantitative estimate of drug-likeness (QED) is 0.777. The number of ether oxygens (including phenoxy) is 1. The molecule has 1 N–H and O–H groups in total. The van der Waals surface area contributed by atoms with E-state index < -0.39 is 0 Å². The highest BCUT2D eigenvalue weighted by atomic mass is 16.5. The van der Waals surface area contributed by atoms with Crippen LogP contribution in [0.4, 0.5) is 0 Å². The number of aromatic nitrogens is 4. The molecule has 1 saturated heterocycles. The fraction of sp³-hybridized carbons (Fsp3) is 0.368. The van der Waals surface area contributed by atoms with E-state index in [1.54, 1.807) is 6.20 Å². The third-order valence-electron chi connectivity index (χ3n) is 4.69. The molecule has 0 aliphatic carbocycles. The number of hydrogen-bond acceptors (Lipinski definition) is 4. The summed E-state index contributed by atoms with van der Waals surface area (Å²) in [5.41, 5.74) is 3.57. The molecule has 25 heavy (non-hydrogen) atoms. The van der Waals surface area contributed by atoms with Gasteiger partial charge in [-0.05, 0) is 30.5 Å². The molecule has 2 aromatic heterocycles. The van der Waals surface area contributed by atoms with E-state index in [0.29, 0.717) is 6.04 Å². The highest BCUT2D eigenvalue weighted by Gasteiger charge is 2.24. The Morgan fingerprint density at radius 1 is 1.36 bits per heavy atom. The Hall–Kier alpha value is -2.44. The standard InChI is InChI=1S/C19H23N5O/c1-23-13-16(12-22-23)19-10-17(5-8-25-19)21-11-15-3-2-4-18(9-15)24-7-6-20-14-24/h2-4,6-7,9,12-14,17,19,21H,5,8,10-11H2,1H3. The van der Waals surface area contributed by atoms with Crippen LogP contribution >= 0.6 is 0 Å². The lowest BCUT2D eigenvalue weighted by Crippen LogP contribution is -2.35. The van der Waals surface area contributed by atoms with Crippen molar-refractivity contribution in [3.05, 3.63) is 66.5 Å². The van der Waals surface area contributed by atoms with E-state index in [9.17, 15) is 0 Å². The lowest BCUT2D eigenvalue weighted by molar-refractivity contribution is -0.0000809. The molecule has 1 aliphatic rings. The van der Waals surface area contributed by atoms with E-state index in [1.165, 1.54) is 5.56 Å². The van der Waals surface area contributed by atoms with Crippen molar-refractivity contribution >= 4 is 0 Å². The Kier molecular flexibility index (Phi) is 4.63. The highest BCUT2D eigenvalue weighted by molar-refractivity contribution is 5.35. The van der Waals surface area contributed by atoms with E-state index >= 15 is 0 Å². The maximum atomic E-state index is 5.92. The summed E-state index contributed by atoms with van der Waals surface area (Å²) >= 11 is 0. The van der Waals surface area contributed by atoms with Gasteiger partial charge < -0.3 is 14.6 Å². The normalized spacial score (nSPS) is 20.7. The Balaban J connectivity index is 1.37. The van der Waals surface area contributed by atoms with Crippen molar-refractivity contribution in [3.63, 3.8) is 0 Å². The molecule has 0 saturated carbocycles. The summed E-state index contributed by atoms with van der Waals surface area (Å²) in [7, 11) is 1.94. The summed E-state index contributed by atoms with van der Waals surface area (Å²) in [6, 6.07) is 9.00. The van der Waals surface area contributed by atoms with Crippen LogP contribution in [0.2, 0.25) is 0 Å². The minimum Gasteiger partial charge on any atom is -0.373 e. The molecule has 1 aliphatic heterocycles. The van der Waals surface area contributed by atoms with Crippen LogP contribution in [0.5, 0.6) is 0 Å². The van der Waals surface area contributed by atoms with Crippen molar-refractivity contribution in [1.82, 2.24) is 24.6 Å². The van der Waals surface area contributed by atoms with Crippen molar-refractivity contribution in [3.8, 4) is 5.69 Å². The molecule has 4 rings (SSSR count). The van der Waals surface area contributed by atoms with Crippen molar-refractivity contribution in [2.45, 2.75) is 31.5 Å². The molecule has 2 unspecified atom stereocenters. The van der Waals surface area contributed by atoms with Crippen LogP contribution in [0.25, 0.3) is 5.69 Å². The second kappa shape index (κ2) is 7.21. The molecule has 0 spiro atoms. The van der Waals surface area contributed by atoms with Crippen LogP contribution in [0.1, 0.15) is 30.1 Å². The van der Waals surface area contributed by atoms with Crippen molar-refractivity contribution < 1.29 is 4.74 Å². The summed E-state index contributed by atoms with van der Waals surface area (Å²) in [4.78, 5) is 4.11. The summed E-state index contributed by atoms with van der Waals surface area (Å²) in [5, 5.41) is 7.94. The molecular weight excluding hydrogens is 314 g/mol. The first kappa shape index (κ1) is 16.1. The Labute approximate surface area is 147 Å². The van der Waals surface area contributed by atoms with E-state index in [0.717, 1.165) is 37.2 Å². The lowest BCUT2D eigenvalue weighted by Gasteiger charge is -2.29. The lowest BCUT2D eigenvalue weighted by atomic mass is 9.99. The van der Waals surface area contributed by atoms with Crippen LogP contribution in [0.3, 0.4) is 0 Å². The minimum absolute atomic E-state index is 0.136. The van der Waals surface area contributed by atoms with Gasteiger partial charge in [0.1, 0.15) is 0 Å². The summed E-state index contributed by atoms with van der Waals surface area (Å²) in [6.07, 6.45) is 11.7. The fourth-order valence-electron chi connectivity index (χ4n) is 3.32. The Bertz CT molecular complexity index is 811. The number of hydrogen-bond donors (Lipinski definition) is 1. The average molecular weight is 337 g/mol. The first-order chi connectivity index (χ1) is 12.3. The summed E-state index contributed by atoms with van der Waals surface area (Å²) < 4.78 is 9.78. The highest BCUT2D eigenvalue weighted by Crippen LogP contribution is 2.27. The maximum absolute atomic E-state index is 5.92. The SMILES string of the molecule is Cn1cc(C2CC(NCc3cccc(-n4ccnc4)c3)CCO2)cn1. The van der Waals surface area contributed by atoms with E-state index in [-0.39, 0.29) is 6.10 Å². The molecule has 0 bridgehead atoms. The molecule has 2 atom stereocenters. The summed E-state index contributed by atoms with van der Waals surface area (Å²) in [5.74, 6) is 0. The van der Waals surface area contributed by atoms with E-state index in [2.05, 4.69) is 39.7 Å². The topological polar surface area (TPSA) is 56.9 Å². The maximum Gasteiger partial charge on any atom is 0.0991 e. The molecule has 3 heterocycles. The number of imidazole rings is 1. The van der Waals surface area contributed by atoms with Gasteiger partial charge in [-0.3, -0.25) is 4.68 Å². The monoisotopic (exact) mass is 337 g/mol. The van der Waals surface area contributed by atoms with Gasteiger partial charge in [-0.25, -0.2) is 4.98 Å². The van der Waals surface area contributed by atoms with Gasteiger partial charge in [-0.15, -0.1) is 0 Å². The molecule has 6 nitrogen and oxygen atoms in total. The smallest absolute Gasteiger partial charge is 0.0991 e. The minimum atomic E-state index is 0.136. The van der Waals surface area contributed by atoms with Gasteiger partial charge in [-0.2, -0.15) is 5.10 Å². The zero-order valence-corrected chi connectivity index (χ0v) is 14.4. The number of aryl methyl sites for hydroxylation is 1. The van der Waals surface area contributed by atoms with Gasteiger partial charge >= 0.3 is 0 Å². The first-order valence-corrected chi connectivity index (χ1v) is 8.69. The third-order valence-corrected chi connectivity index (χ3v) is 4.69. The molecular formula is C19H23N5O. The number of benzene rings is 1. The van der Waals surface area contributed by atoms with Gasteiger partial charge in [-0.1, -0.05) is 12.1 Å². The Morgan fingerprint density at radius 2 is 2.32 bits per heavy atom. The zero-order chi connectivity index (χ0) is 17.1. The van der Waals surface area contributed by atoms with Crippen LogP contribution in [0, 0.1) is 0 Å². The third kappa shape index (κ3) is 3.81. The largest absolute Gasteiger partial charge is 0.373 e. The average Bonchev–Trinajstić information content (AvgIpc) is 3.32. The molecule has 0 radical (unpaired) electrons. The second-order valence-corrected chi connectivity index (χ2v) is 6.55. The van der Waals surface area contributed by atoms with Crippen molar-refractivity contribution in [2.24, 2.45) is 7.05 Å². The first-order valence-electron chi connectivity index (χ1n) is 8.69. The summed E-state index contributed by atoms with van der Waals surface area (Å²) in [6.45, 7) is 1.64. The molecule has 1 fully saturated rings. The molecule has 3 aromatic rings. The van der Waals surface area contributed by atoms with Crippen LogP contribution in [-0.2, 0) is 18.3 Å². The number of nitrogens with zero attached hydrogens (tertiary/aromatic N) is 4. The van der Waals surface area contributed by atoms with Gasteiger partial charge in [0.15, 0.2) is 0 Å². The zero-order valence-electron chi connectivity index (χ0n) is 14.4. The van der Waals surface area contributed by atoms with Crippen molar-refractivity contribution in [2.75, 3.05) is 6.61 Å². The van der Waals surface area contributed by atoms with Gasteiger partial charge in [0, 0.05) is 56.1 Å². The number of nitrogens with one attached hydrogen (secondary N) is 1. The Morgan fingerprint density at radius 3 is 3.12 bits per heavy atom. The van der Waals surface area contributed by atoms with Crippen LogP contribution < -0.4 is 5.32 Å². The second-order valence-electron chi connectivity index (χ2n) is 6.55. The van der Waals surface area contributed by atoms with E-state index in [1.807, 2.05) is 41.2 Å². The van der Waals surface area contributed by atoms with E-state index in [4.69, 9.17) is 4.74 Å². The van der Waals surface area contributed by atoms with Gasteiger partial charge in [0.25, 0.3) is 0 Å². The molecule has 6 heteroatoms. The van der Waals surface area contributed by atoms with Crippen molar-refractivity contribution in [1.29, 1.82) is 0 Å². The predicted octanol–water partition coefficient (Wildman–Crippen LogP) is 2.62. The van der Waals surface area contributed by atoms with Crippen LogP contribution in [-0.4, -0.2) is 32.0 Å². The van der Waals surface area contributed by atoms with Crippen LogP contribution in [0.15, 0.2) is 55.4 Å². The molecule has 1 aromatic carbocycles. The fourth-order valence-corrected chi connectivity index (χ4v) is 3.32. The molecule has 0 amide bonds. The number of rotatable bonds is 5. The van der Waals surface area contributed by atoms with Gasteiger partial charge in [0.2, 0.25) is 0 Å². The predicted molar refractivity (Wildman–Crippen MR) is 95.3 cm³/mol.